The molecule has 0 unspecified atom stereocenters. The lowest BCUT2D eigenvalue weighted by molar-refractivity contribution is 0.0747. The molecule has 140 valence electrons. The number of imidazole rings is 1. The molecule has 0 fully saturated rings. The molecule has 0 spiro atoms. The van der Waals surface area contributed by atoms with Crippen LogP contribution in [0, 0.1) is 0 Å². The lowest BCUT2D eigenvalue weighted by atomic mass is 10.1. The third kappa shape index (κ3) is 2.71. The molecule has 9 heteroatoms. The van der Waals surface area contributed by atoms with Crippen molar-refractivity contribution in [1.82, 2.24) is 29.0 Å². The number of benzene rings is 1. The van der Waals surface area contributed by atoms with Crippen LogP contribution in [0.3, 0.4) is 0 Å². The van der Waals surface area contributed by atoms with E-state index in [4.69, 9.17) is 0 Å². The van der Waals surface area contributed by atoms with E-state index in [1.54, 1.807) is 27.2 Å². The Hall–Kier alpha value is -3.04. The molecule has 5 aromatic rings. The van der Waals surface area contributed by atoms with E-state index >= 15 is 0 Å². The molecule has 0 saturated carbocycles. The molecule has 7 nitrogen and oxygen atoms in total. The molecule has 1 aromatic carbocycles. The highest BCUT2D eigenvalue weighted by molar-refractivity contribution is 7.21. The second-order valence-corrected chi connectivity index (χ2v) is 8.40. The highest BCUT2D eigenvalue weighted by Gasteiger charge is 2.22. The second kappa shape index (κ2) is 6.54. The topological polar surface area (TPSA) is 68.3 Å². The lowest BCUT2D eigenvalue weighted by Crippen LogP contribution is -2.29. The van der Waals surface area contributed by atoms with Crippen molar-refractivity contribution in [3.05, 3.63) is 65.0 Å². The number of hydrogen-bond donors (Lipinski definition) is 0. The van der Waals surface area contributed by atoms with Gasteiger partial charge in [-0.05, 0) is 30.7 Å². The maximum Gasteiger partial charge on any atom is 0.264 e. The minimum absolute atomic E-state index is 0.000155. The van der Waals surface area contributed by atoms with Crippen LogP contribution in [-0.2, 0) is 0 Å². The smallest absolute Gasteiger partial charge is 0.264 e. The Labute approximate surface area is 168 Å². The first-order valence-corrected chi connectivity index (χ1v) is 10.4. The Bertz CT molecular complexity index is 1270. The molecule has 0 radical (unpaired) electrons. The van der Waals surface area contributed by atoms with E-state index in [9.17, 15) is 4.79 Å². The number of amides is 1. The third-order valence-corrected chi connectivity index (χ3v) is 6.67. The molecule has 0 aliphatic heterocycles. The van der Waals surface area contributed by atoms with Crippen LogP contribution in [0.4, 0.5) is 0 Å². The van der Waals surface area contributed by atoms with Crippen LogP contribution < -0.4 is 0 Å². The molecule has 0 aliphatic carbocycles. The van der Waals surface area contributed by atoms with Crippen LogP contribution in [-0.4, -0.2) is 42.0 Å². The van der Waals surface area contributed by atoms with Crippen molar-refractivity contribution in [3.63, 3.8) is 0 Å². The summed E-state index contributed by atoms with van der Waals surface area (Å²) in [6.45, 7) is 2.03. The molecule has 1 amide bonds. The molecule has 0 bridgehead atoms. The summed E-state index contributed by atoms with van der Waals surface area (Å²) >= 11 is 3.04. The van der Waals surface area contributed by atoms with Gasteiger partial charge in [0.25, 0.3) is 5.91 Å². The summed E-state index contributed by atoms with van der Waals surface area (Å²) < 4.78 is 3.73. The summed E-state index contributed by atoms with van der Waals surface area (Å²) in [6.07, 6.45) is 5.15. The van der Waals surface area contributed by atoms with Crippen molar-refractivity contribution >= 4 is 43.9 Å². The first-order valence-electron chi connectivity index (χ1n) is 8.69. The lowest BCUT2D eigenvalue weighted by Gasteiger charge is -2.25. The van der Waals surface area contributed by atoms with Gasteiger partial charge in [-0.15, -0.1) is 22.7 Å². The molecule has 4 heterocycles. The van der Waals surface area contributed by atoms with Gasteiger partial charge in [0.15, 0.2) is 4.96 Å². The zero-order valence-corrected chi connectivity index (χ0v) is 16.8. The molecule has 0 N–H and O–H groups in total. The Morgan fingerprint density at radius 3 is 2.82 bits per heavy atom. The predicted octanol–water partition coefficient (Wildman–Crippen LogP) is 4.02. The van der Waals surface area contributed by atoms with Gasteiger partial charge in [-0.25, -0.2) is 14.6 Å². The van der Waals surface area contributed by atoms with E-state index in [0.717, 1.165) is 26.6 Å². The molecule has 0 aliphatic rings. The fraction of sp³-hybridized carbons (Fsp3) is 0.158. The molecule has 5 rings (SSSR count). The fourth-order valence-electron chi connectivity index (χ4n) is 3.17. The van der Waals surface area contributed by atoms with E-state index in [-0.39, 0.29) is 11.9 Å². The number of aromatic nitrogens is 5. The Balaban J connectivity index is 1.39. The van der Waals surface area contributed by atoms with E-state index < -0.39 is 0 Å². The van der Waals surface area contributed by atoms with E-state index in [0.29, 0.717) is 4.88 Å². The summed E-state index contributed by atoms with van der Waals surface area (Å²) in [5.41, 5.74) is 2.98. The van der Waals surface area contributed by atoms with Crippen LogP contribution in [0.2, 0.25) is 0 Å². The van der Waals surface area contributed by atoms with Crippen LogP contribution in [0.5, 0.6) is 0 Å². The zero-order chi connectivity index (χ0) is 19.3. The second-order valence-electron chi connectivity index (χ2n) is 6.49. The van der Waals surface area contributed by atoms with Gasteiger partial charge in [0.05, 0.1) is 22.1 Å². The summed E-state index contributed by atoms with van der Waals surface area (Å²) in [6, 6.07) is 9.87. The monoisotopic (exact) mass is 408 g/mol. The van der Waals surface area contributed by atoms with Crippen molar-refractivity contribution in [3.8, 4) is 5.69 Å². The number of hydrogen-bond acceptors (Lipinski definition) is 6. The molecule has 28 heavy (non-hydrogen) atoms. The molecule has 4 aromatic heterocycles. The predicted molar refractivity (Wildman–Crippen MR) is 110 cm³/mol. The van der Waals surface area contributed by atoms with Crippen molar-refractivity contribution < 1.29 is 4.79 Å². The van der Waals surface area contributed by atoms with Gasteiger partial charge in [0.1, 0.15) is 17.5 Å². The van der Waals surface area contributed by atoms with Crippen molar-refractivity contribution in [2.24, 2.45) is 0 Å². The largest absolute Gasteiger partial charge is 0.334 e. The van der Waals surface area contributed by atoms with Gasteiger partial charge >= 0.3 is 0 Å². The summed E-state index contributed by atoms with van der Waals surface area (Å²) in [5, 5.41) is 6.13. The number of nitrogens with zero attached hydrogens (tertiary/aromatic N) is 6. The Morgan fingerprint density at radius 2 is 2.07 bits per heavy atom. The summed E-state index contributed by atoms with van der Waals surface area (Å²) in [4.78, 5) is 25.9. The van der Waals surface area contributed by atoms with Crippen LogP contribution in [0.25, 0.3) is 21.0 Å². The van der Waals surface area contributed by atoms with Crippen LogP contribution >= 0.6 is 22.7 Å². The maximum atomic E-state index is 13.0. The maximum absolute atomic E-state index is 13.0. The van der Waals surface area contributed by atoms with E-state index in [2.05, 4.69) is 15.1 Å². The van der Waals surface area contributed by atoms with Crippen LogP contribution in [0.15, 0.2) is 54.6 Å². The molecule has 0 saturated heterocycles. The summed E-state index contributed by atoms with van der Waals surface area (Å²) in [5.74, 6) is -0.000155. The minimum Gasteiger partial charge on any atom is -0.334 e. The van der Waals surface area contributed by atoms with Crippen molar-refractivity contribution in [2.75, 3.05) is 7.05 Å². The number of carbonyl (C=O) groups excluding carboxylic acids is 1. The highest BCUT2D eigenvalue weighted by Crippen LogP contribution is 2.30. The Morgan fingerprint density at radius 1 is 1.25 bits per heavy atom. The molecule has 1 atom stereocenters. The number of carbonyl (C=O) groups is 1. The Kier molecular flexibility index (Phi) is 3.99. The zero-order valence-electron chi connectivity index (χ0n) is 15.2. The normalized spacial score (nSPS) is 12.6. The quantitative estimate of drug-likeness (QED) is 0.450. The fourth-order valence-corrected chi connectivity index (χ4v) is 4.96. The van der Waals surface area contributed by atoms with Crippen molar-refractivity contribution in [2.45, 2.75) is 13.0 Å². The standard InChI is InChI=1S/C19H16N6OS2/c1-12(13-3-5-14(6-4-13)25-11-20-10-21-25)23(2)18(26)16-9-15-17(28-16)22-19-24(15)7-8-27-19/h3-12H,1-2H3/t12-/m1/s1. The number of thiophene rings is 1. The minimum atomic E-state index is -0.0597. The molecular weight excluding hydrogens is 392 g/mol. The molecular formula is C19H16N6OS2. The SMILES string of the molecule is C[C@H](c1ccc(-n2cncn2)cc1)N(C)C(=O)c1cc2c(nc3sccn32)s1. The first kappa shape index (κ1) is 17.1. The van der Waals surface area contributed by atoms with E-state index in [1.807, 2.05) is 60.3 Å². The summed E-state index contributed by atoms with van der Waals surface area (Å²) in [7, 11) is 1.84. The number of thiazole rings is 1. The van der Waals surface area contributed by atoms with Crippen molar-refractivity contribution in [1.29, 1.82) is 0 Å². The van der Waals surface area contributed by atoms with E-state index in [1.165, 1.54) is 17.7 Å². The average molecular weight is 409 g/mol. The average Bonchev–Trinajstić information content (AvgIpc) is 3.48. The van der Waals surface area contributed by atoms with Gasteiger partial charge < -0.3 is 4.90 Å². The number of rotatable bonds is 4. The number of fused-ring (bicyclic) bond motifs is 3. The highest BCUT2D eigenvalue weighted by atomic mass is 32.1. The third-order valence-electron chi connectivity index (χ3n) is 4.91. The van der Waals surface area contributed by atoms with Gasteiger partial charge in [0, 0.05) is 18.6 Å². The first-order chi connectivity index (χ1) is 13.6. The van der Waals surface area contributed by atoms with Gasteiger partial charge in [0.2, 0.25) is 0 Å². The van der Waals surface area contributed by atoms with Gasteiger partial charge in [-0.3, -0.25) is 9.20 Å². The van der Waals surface area contributed by atoms with Gasteiger partial charge in [-0.1, -0.05) is 12.1 Å². The van der Waals surface area contributed by atoms with Gasteiger partial charge in [-0.2, -0.15) is 5.10 Å². The van der Waals surface area contributed by atoms with Crippen LogP contribution in [0.1, 0.15) is 28.2 Å².